The first-order valence-electron chi connectivity index (χ1n) is 9.90. The second-order valence-corrected chi connectivity index (χ2v) is 6.49. The van der Waals surface area contributed by atoms with Crippen LogP contribution >= 0.6 is 24.0 Å². The van der Waals surface area contributed by atoms with Crippen LogP contribution in [-0.2, 0) is 17.8 Å². The van der Waals surface area contributed by atoms with E-state index in [4.69, 9.17) is 14.2 Å². The van der Waals surface area contributed by atoms with Crippen molar-refractivity contribution in [3.63, 3.8) is 0 Å². The third kappa shape index (κ3) is 8.74. The van der Waals surface area contributed by atoms with Crippen molar-refractivity contribution in [2.75, 3.05) is 34.0 Å². The van der Waals surface area contributed by atoms with Crippen LogP contribution in [-0.4, -0.2) is 44.9 Å². The Labute approximate surface area is 196 Å². The van der Waals surface area contributed by atoms with Gasteiger partial charge in [0.25, 0.3) is 0 Å². The number of benzene rings is 1. The molecule has 1 heterocycles. The largest absolute Gasteiger partial charge is 0.493 e. The van der Waals surface area contributed by atoms with Crippen molar-refractivity contribution in [2.45, 2.75) is 33.4 Å². The van der Waals surface area contributed by atoms with E-state index in [2.05, 4.69) is 45.7 Å². The number of rotatable bonds is 11. The van der Waals surface area contributed by atoms with Crippen LogP contribution in [0.3, 0.4) is 0 Å². The van der Waals surface area contributed by atoms with Gasteiger partial charge in [-0.3, -0.25) is 4.99 Å². The van der Waals surface area contributed by atoms with E-state index in [1.54, 1.807) is 20.4 Å². The molecule has 2 rings (SSSR count). The number of nitrogens with one attached hydrogen (secondary N) is 2. The molecule has 1 aromatic heterocycles. The van der Waals surface area contributed by atoms with Crippen LogP contribution in [0.4, 0.5) is 0 Å². The molecule has 1 aromatic carbocycles. The van der Waals surface area contributed by atoms with Crippen molar-refractivity contribution in [2.24, 2.45) is 4.99 Å². The summed E-state index contributed by atoms with van der Waals surface area (Å²) in [5, 5.41) is 6.65. The summed E-state index contributed by atoms with van der Waals surface area (Å²) in [4.78, 5) is 8.58. The lowest BCUT2D eigenvalue weighted by Gasteiger charge is -2.16. The highest BCUT2D eigenvalue weighted by Crippen LogP contribution is 2.20. The molecule has 0 bridgehead atoms. The van der Waals surface area contributed by atoms with Gasteiger partial charge in [0.1, 0.15) is 5.75 Å². The number of ether oxygens (including phenoxy) is 3. The van der Waals surface area contributed by atoms with E-state index >= 15 is 0 Å². The van der Waals surface area contributed by atoms with Crippen molar-refractivity contribution < 1.29 is 14.2 Å². The maximum absolute atomic E-state index is 5.95. The lowest BCUT2D eigenvalue weighted by atomic mass is 10.1. The van der Waals surface area contributed by atoms with Gasteiger partial charge < -0.3 is 24.8 Å². The van der Waals surface area contributed by atoms with Gasteiger partial charge in [-0.05, 0) is 31.5 Å². The normalized spacial score (nSPS) is 10.9. The van der Waals surface area contributed by atoms with Gasteiger partial charge in [-0.2, -0.15) is 0 Å². The molecule has 0 radical (unpaired) electrons. The summed E-state index contributed by atoms with van der Waals surface area (Å²) in [5.74, 6) is 2.22. The van der Waals surface area contributed by atoms with Crippen LogP contribution in [0.25, 0.3) is 0 Å². The van der Waals surface area contributed by atoms with Crippen LogP contribution in [0.15, 0.2) is 41.5 Å². The first-order chi connectivity index (χ1) is 14.2. The molecule has 0 aliphatic rings. The zero-order chi connectivity index (χ0) is 20.9. The first-order valence-corrected chi connectivity index (χ1v) is 9.90. The molecule has 0 unspecified atom stereocenters. The summed E-state index contributed by atoms with van der Waals surface area (Å²) in [7, 11) is 3.45. The Morgan fingerprint density at radius 1 is 1.07 bits per heavy atom. The van der Waals surface area contributed by atoms with Gasteiger partial charge in [-0.15, -0.1) is 24.0 Å². The van der Waals surface area contributed by atoms with E-state index in [-0.39, 0.29) is 24.0 Å². The molecule has 8 heteroatoms. The first kappa shape index (κ1) is 26.0. The lowest BCUT2D eigenvalue weighted by molar-refractivity contribution is 0.171. The maximum Gasteiger partial charge on any atom is 0.218 e. The smallest absolute Gasteiger partial charge is 0.218 e. The third-order valence-electron chi connectivity index (χ3n) is 4.22. The van der Waals surface area contributed by atoms with Crippen LogP contribution in [0.1, 0.15) is 30.0 Å². The number of guanidine groups is 1. The average Bonchev–Trinajstić information content (AvgIpc) is 2.73. The van der Waals surface area contributed by atoms with Crippen LogP contribution < -0.4 is 20.1 Å². The van der Waals surface area contributed by atoms with E-state index in [0.29, 0.717) is 44.7 Å². The fourth-order valence-electron chi connectivity index (χ4n) is 2.73. The number of hydrogen-bond acceptors (Lipinski definition) is 5. The predicted octanol–water partition coefficient (Wildman–Crippen LogP) is 3.69. The van der Waals surface area contributed by atoms with Crippen LogP contribution in [0.5, 0.6) is 11.6 Å². The number of aryl methyl sites for hydroxylation is 1. The molecule has 0 fully saturated rings. The number of aromatic nitrogens is 1. The van der Waals surface area contributed by atoms with E-state index in [9.17, 15) is 0 Å². The summed E-state index contributed by atoms with van der Waals surface area (Å²) in [6, 6.07) is 10.1. The van der Waals surface area contributed by atoms with Crippen LogP contribution in [0, 0.1) is 6.92 Å². The molecule has 0 spiro atoms. The lowest BCUT2D eigenvalue weighted by Crippen LogP contribution is -2.36. The quantitative estimate of drug-likeness (QED) is 0.201. The Hall–Kier alpha value is -2.07. The topological polar surface area (TPSA) is 77.0 Å². The maximum atomic E-state index is 5.95. The Balaban J connectivity index is 0.00000450. The molecule has 0 saturated carbocycles. The number of methoxy groups -OCH3 is 1. The second-order valence-electron chi connectivity index (χ2n) is 6.49. The van der Waals surface area contributed by atoms with E-state index in [0.717, 1.165) is 28.9 Å². The van der Waals surface area contributed by atoms with Crippen LogP contribution in [0.2, 0.25) is 0 Å². The minimum Gasteiger partial charge on any atom is -0.493 e. The molecule has 2 aromatic rings. The Kier molecular flexibility index (Phi) is 12.8. The molecular weight excluding hydrogens is 495 g/mol. The molecule has 0 atom stereocenters. The van der Waals surface area contributed by atoms with Gasteiger partial charge in [0.15, 0.2) is 5.96 Å². The minimum absolute atomic E-state index is 0. The average molecular weight is 528 g/mol. The summed E-state index contributed by atoms with van der Waals surface area (Å²) in [6.45, 7) is 7.07. The summed E-state index contributed by atoms with van der Waals surface area (Å²) < 4.78 is 16.6. The van der Waals surface area contributed by atoms with Crippen molar-refractivity contribution in [3.05, 3.63) is 53.2 Å². The number of pyridine rings is 1. The summed E-state index contributed by atoms with van der Waals surface area (Å²) in [6.07, 6.45) is 2.58. The molecule has 0 aliphatic carbocycles. The Bertz CT molecular complexity index is 787. The predicted molar refractivity (Wildman–Crippen MR) is 131 cm³/mol. The molecule has 0 amide bonds. The molecule has 2 N–H and O–H groups in total. The summed E-state index contributed by atoms with van der Waals surface area (Å²) >= 11 is 0. The van der Waals surface area contributed by atoms with Crippen molar-refractivity contribution >= 4 is 29.9 Å². The van der Waals surface area contributed by atoms with Crippen molar-refractivity contribution in [1.29, 1.82) is 0 Å². The number of nitrogens with zero attached hydrogens (tertiary/aromatic N) is 2. The van der Waals surface area contributed by atoms with Gasteiger partial charge in [0, 0.05) is 57.6 Å². The standard InChI is InChI=1S/C22H32N4O3.HI/c1-5-28-21-19(8-6-11-24-21)16-26-22(23-3)25-15-18-10-9-17(2)14-20(18)29-13-7-12-27-4;/h6,8-11,14H,5,7,12-13,15-16H2,1-4H3,(H2,23,25,26);1H. The fourth-order valence-corrected chi connectivity index (χ4v) is 2.73. The molecule has 0 saturated heterocycles. The zero-order valence-electron chi connectivity index (χ0n) is 18.2. The molecule has 7 nitrogen and oxygen atoms in total. The van der Waals surface area contributed by atoms with Gasteiger partial charge in [0.05, 0.1) is 13.2 Å². The van der Waals surface area contributed by atoms with Gasteiger partial charge in [0.2, 0.25) is 5.88 Å². The zero-order valence-corrected chi connectivity index (χ0v) is 20.6. The SMILES string of the molecule is CCOc1ncccc1CNC(=NC)NCc1ccc(C)cc1OCCCOC.I. The fraction of sp³-hybridized carbons (Fsp3) is 0.455. The van der Waals surface area contributed by atoms with Gasteiger partial charge in [-0.1, -0.05) is 18.2 Å². The molecule has 166 valence electrons. The second kappa shape index (κ2) is 14.8. The monoisotopic (exact) mass is 528 g/mol. The van der Waals surface area contributed by atoms with Gasteiger partial charge in [-0.25, -0.2) is 4.98 Å². The van der Waals surface area contributed by atoms with E-state index in [1.165, 1.54) is 0 Å². The Morgan fingerprint density at radius 3 is 2.53 bits per heavy atom. The molecular formula is C22H33IN4O3. The summed E-state index contributed by atoms with van der Waals surface area (Å²) in [5.41, 5.74) is 3.22. The van der Waals surface area contributed by atoms with Crippen molar-refractivity contribution in [3.8, 4) is 11.6 Å². The number of aliphatic imine (C=N–C) groups is 1. The van der Waals surface area contributed by atoms with E-state index < -0.39 is 0 Å². The molecule has 0 aliphatic heterocycles. The van der Waals surface area contributed by atoms with E-state index in [1.807, 2.05) is 19.1 Å². The highest BCUT2D eigenvalue weighted by atomic mass is 127. The Morgan fingerprint density at radius 2 is 1.83 bits per heavy atom. The highest BCUT2D eigenvalue weighted by molar-refractivity contribution is 14.0. The van der Waals surface area contributed by atoms with Gasteiger partial charge >= 0.3 is 0 Å². The molecule has 30 heavy (non-hydrogen) atoms. The highest BCUT2D eigenvalue weighted by Gasteiger charge is 2.08. The number of hydrogen-bond donors (Lipinski definition) is 2. The number of halogens is 1. The third-order valence-corrected chi connectivity index (χ3v) is 4.22. The van der Waals surface area contributed by atoms with Crippen molar-refractivity contribution in [1.82, 2.24) is 15.6 Å². The minimum atomic E-state index is 0.